The van der Waals surface area contributed by atoms with Crippen molar-refractivity contribution in [3.8, 4) is 5.75 Å². The number of rotatable bonds is 8. The number of benzene rings is 1. The van der Waals surface area contributed by atoms with Crippen molar-refractivity contribution >= 4 is 23.2 Å². The molecule has 0 aliphatic carbocycles. The van der Waals surface area contributed by atoms with Crippen molar-refractivity contribution in [1.29, 1.82) is 0 Å². The number of carboxylic acids is 1. The average Bonchev–Trinajstić information content (AvgIpc) is 3.02. The molecule has 0 aliphatic rings. The predicted octanol–water partition coefficient (Wildman–Crippen LogP) is 2.14. The maximum atomic E-state index is 11.7. The van der Waals surface area contributed by atoms with Crippen molar-refractivity contribution in [2.24, 2.45) is 0 Å². The second-order valence-corrected chi connectivity index (χ2v) is 5.76. The Hall–Kier alpha value is -2.41. The maximum Gasteiger partial charge on any atom is 0.355 e. The number of nitrogens with one attached hydrogen (secondary N) is 1. The molecule has 122 valence electrons. The zero-order valence-electron chi connectivity index (χ0n) is 12.7. The molecule has 0 saturated heterocycles. The molecule has 0 atom stereocenters. The van der Waals surface area contributed by atoms with Gasteiger partial charge in [0, 0.05) is 18.3 Å². The number of nitrogens with zero attached hydrogens (tertiary/aromatic N) is 1. The zero-order chi connectivity index (χ0) is 16.7. The number of aryl methyl sites for hydroxylation is 1. The molecular weight excluding hydrogens is 316 g/mol. The van der Waals surface area contributed by atoms with Gasteiger partial charge >= 0.3 is 5.97 Å². The number of aromatic nitrogens is 1. The molecule has 2 N–H and O–H groups in total. The molecule has 1 amide bonds. The molecular formula is C16H18N2O4S. The zero-order valence-corrected chi connectivity index (χ0v) is 13.6. The highest BCUT2D eigenvalue weighted by atomic mass is 32.1. The van der Waals surface area contributed by atoms with Crippen molar-refractivity contribution in [2.75, 3.05) is 13.2 Å². The van der Waals surface area contributed by atoms with Gasteiger partial charge in [-0.15, -0.1) is 11.3 Å². The van der Waals surface area contributed by atoms with Gasteiger partial charge in [-0.3, -0.25) is 4.79 Å². The normalized spacial score (nSPS) is 10.3. The number of thiazole rings is 1. The molecule has 0 bridgehead atoms. The van der Waals surface area contributed by atoms with E-state index >= 15 is 0 Å². The first-order valence-corrected chi connectivity index (χ1v) is 8.12. The van der Waals surface area contributed by atoms with E-state index in [9.17, 15) is 9.59 Å². The third-order valence-corrected chi connectivity index (χ3v) is 4.04. The topological polar surface area (TPSA) is 88.5 Å². The number of amides is 1. The summed E-state index contributed by atoms with van der Waals surface area (Å²) in [6, 6.07) is 7.62. The van der Waals surface area contributed by atoms with Crippen LogP contribution in [-0.4, -0.2) is 35.1 Å². The highest BCUT2D eigenvalue weighted by Gasteiger charge is 2.09. The molecule has 0 unspecified atom stereocenters. The molecule has 1 aromatic heterocycles. The van der Waals surface area contributed by atoms with Crippen LogP contribution < -0.4 is 10.1 Å². The third kappa shape index (κ3) is 5.37. The van der Waals surface area contributed by atoms with E-state index in [1.54, 1.807) is 0 Å². The second-order valence-electron chi connectivity index (χ2n) is 4.82. The Morgan fingerprint density at radius 3 is 2.65 bits per heavy atom. The molecule has 0 radical (unpaired) electrons. The molecule has 7 heteroatoms. The summed E-state index contributed by atoms with van der Waals surface area (Å²) in [6.45, 7) is 2.42. The standard InChI is InChI=1S/C16H18N2O4S/c1-2-11-3-5-12(6-4-11)22-9-14(19)17-8-7-15-18-13(10-23-15)16(20)21/h3-6,10H,2,7-9H2,1H3,(H,17,19)(H,20,21). The summed E-state index contributed by atoms with van der Waals surface area (Å²) < 4.78 is 5.40. The van der Waals surface area contributed by atoms with Crippen LogP contribution in [0, 0.1) is 0 Å². The molecule has 0 saturated carbocycles. The van der Waals surface area contributed by atoms with Gasteiger partial charge in [0.25, 0.3) is 5.91 Å². The van der Waals surface area contributed by atoms with E-state index in [1.807, 2.05) is 24.3 Å². The van der Waals surface area contributed by atoms with Gasteiger partial charge in [0.2, 0.25) is 0 Å². The Labute approximate surface area is 138 Å². The van der Waals surface area contributed by atoms with E-state index in [-0.39, 0.29) is 18.2 Å². The first-order chi connectivity index (χ1) is 11.1. The Kier molecular flexibility index (Phi) is 6.10. The number of carboxylic acid groups (broad SMARTS) is 1. The number of hydrogen-bond donors (Lipinski definition) is 2. The molecule has 2 rings (SSSR count). The molecule has 2 aromatic rings. The van der Waals surface area contributed by atoms with Gasteiger partial charge in [0.05, 0.1) is 5.01 Å². The smallest absolute Gasteiger partial charge is 0.355 e. The van der Waals surface area contributed by atoms with E-state index < -0.39 is 5.97 Å². The van der Waals surface area contributed by atoms with Crippen LogP contribution in [0.3, 0.4) is 0 Å². The first kappa shape index (κ1) is 17.0. The molecule has 0 aliphatic heterocycles. The van der Waals surface area contributed by atoms with Crippen LogP contribution in [0.1, 0.15) is 28.0 Å². The molecule has 1 heterocycles. The number of carbonyl (C=O) groups excluding carboxylic acids is 1. The molecule has 23 heavy (non-hydrogen) atoms. The van der Waals surface area contributed by atoms with Gasteiger partial charge in [0.1, 0.15) is 5.75 Å². The fourth-order valence-electron chi connectivity index (χ4n) is 1.85. The van der Waals surface area contributed by atoms with Gasteiger partial charge < -0.3 is 15.2 Å². The summed E-state index contributed by atoms with van der Waals surface area (Å²) >= 11 is 1.27. The summed E-state index contributed by atoms with van der Waals surface area (Å²) in [6.07, 6.45) is 1.45. The van der Waals surface area contributed by atoms with Crippen molar-refractivity contribution < 1.29 is 19.4 Å². The third-order valence-electron chi connectivity index (χ3n) is 3.13. The van der Waals surface area contributed by atoms with Crippen LogP contribution in [0.25, 0.3) is 0 Å². The summed E-state index contributed by atoms with van der Waals surface area (Å²) in [7, 11) is 0. The lowest BCUT2D eigenvalue weighted by Crippen LogP contribution is -2.30. The minimum Gasteiger partial charge on any atom is -0.484 e. The monoisotopic (exact) mass is 334 g/mol. The van der Waals surface area contributed by atoms with Gasteiger partial charge in [-0.1, -0.05) is 19.1 Å². The predicted molar refractivity (Wildman–Crippen MR) is 87.1 cm³/mol. The van der Waals surface area contributed by atoms with E-state index in [0.717, 1.165) is 6.42 Å². The van der Waals surface area contributed by atoms with Crippen LogP contribution in [0.4, 0.5) is 0 Å². The molecule has 6 nitrogen and oxygen atoms in total. The largest absolute Gasteiger partial charge is 0.484 e. The number of aromatic carboxylic acids is 1. The van der Waals surface area contributed by atoms with Crippen LogP contribution in [0.5, 0.6) is 5.75 Å². The van der Waals surface area contributed by atoms with Gasteiger partial charge in [-0.2, -0.15) is 0 Å². The number of ether oxygens (including phenoxy) is 1. The average molecular weight is 334 g/mol. The van der Waals surface area contributed by atoms with Gasteiger partial charge in [-0.05, 0) is 24.1 Å². The van der Waals surface area contributed by atoms with E-state index in [1.165, 1.54) is 22.3 Å². The van der Waals surface area contributed by atoms with E-state index in [2.05, 4.69) is 17.2 Å². The first-order valence-electron chi connectivity index (χ1n) is 7.24. The highest BCUT2D eigenvalue weighted by Crippen LogP contribution is 2.12. The van der Waals surface area contributed by atoms with Crippen molar-refractivity contribution in [1.82, 2.24) is 10.3 Å². The van der Waals surface area contributed by atoms with Crippen LogP contribution >= 0.6 is 11.3 Å². The number of hydrogen-bond acceptors (Lipinski definition) is 5. The SMILES string of the molecule is CCc1ccc(OCC(=O)NCCc2nc(C(=O)O)cs2)cc1. The minimum absolute atomic E-state index is 0.0372. The summed E-state index contributed by atoms with van der Waals surface area (Å²) in [4.78, 5) is 26.4. The Morgan fingerprint density at radius 1 is 1.30 bits per heavy atom. The van der Waals surface area contributed by atoms with Crippen molar-refractivity contribution in [3.63, 3.8) is 0 Å². The molecule has 1 aromatic carbocycles. The lowest BCUT2D eigenvalue weighted by atomic mass is 10.2. The maximum absolute atomic E-state index is 11.7. The Balaban J connectivity index is 1.69. The fourth-order valence-corrected chi connectivity index (χ4v) is 2.63. The van der Waals surface area contributed by atoms with Gasteiger partial charge in [0.15, 0.2) is 12.3 Å². The van der Waals surface area contributed by atoms with Crippen LogP contribution in [0.2, 0.25) is 0 Å². The minimum atomic E-state index is -1.04. The Morgan fingerprint density at radius 2 is 2.04 bits per heavy atom. The number of carbonyl (C=O) groups is 2. The molecule has 0 fully saturated rings. The summed E-state index contributed by atoms with van der Waals surface area (Å²) in [5.41, 5.74) is 1.25. The fraction of sp³-hybridized carbons (Fsp3) is 0.312. The summed E-state index contributed by atoms with van der Waals surface area (Å²) in [5.74, 6) is -0.609. The second kappa shape index (κ2) is 8.28. The highest BCUT2D eigenvalue weighted by molar-refractivity contribution is 7.09. The Bertz CT molecular complexity index is 667. The quantitative estimate of drug-likeness (QED) is 0.772. The van der Waals surface area contributed by atoms with E-state index in [4.69, 9.17) is 9.84 Å². The summed E-state index contributed by atoms with van der Waals surface area (Å²) in [5, 5.41) is 13.7. The van der Waals surface area contributed by atoms with E-state index in [0.29, 0.717) is 23.7 Å². The lowest BCUT2D eigenvalue weighted by Gasteiger charge is -2.07. The van der Waals surface area contributed by atoms with Gasteiger partial charge in [-0.25, -0.2) is 9.78 Å². The molecule has 0 spiro atoms. The van der Waals surface area contributed by atoms with Crippen LogP contribution in [-0.2, 0) is 17.6 Å². The lowest BCUT2D eigenvalue weighted by molar-refractivity contribution is -0.123. The van der Waals surface area contributed by atoms with Crippen LogP contribution in [0.15, 0.2) is 29.6 Å². The van der Waals surface area contributed by atoms with Crippen molar-refractivity contribution in [2.45, 2.75) is 19.8 Å². The van der Waals surface area contributed by atoms with Crippen molar-refractivity contribution in [3.05, 3.63) is 45.9 Å².